The highest BCUT2D eigenvalue weighted by Gasteiger charge is 1.93. The number of methoxy groups -OCH3 is 1. The second-order valence-electron chi connectivity index (χ2n) is 3.12. The molecule has 1 aromatic carbocycles. The molecule has 15 heavy (non-hydrogen) atoms. The topological polar surface area (TPSA) is 9.23 Å². The molecule has 0 aliphatic rings. The highest BCUT2D eigenvalue weighted by Crippen LogP contribution is 2.13. The highest BCUT2D eigenvalue weighted by atomic mass is 16.5. The van der Waals surface area contributed by atoms with Gasteiger partial charge in [0, 0.05) is 0 Å². The molecule has 0 aliphatic carbocycles. The Hall–Kier alpha value is -1.76. The molecule has 0 fully saturated rings. The molecule has 0 aromatic heterocycles. The van der Waals surface area contributed by atoms with Gasteiger partial charge >= 0.3 is 0 Å². The van der Waals surface area contributed by atoms with E-state index < -0.39 is 0 Å². The first-order chi connectivity index (χ1) is 7.27. The van der Waals surface area contributed by atoms with Gasteiger partial charge in [-0.15, -0.1) is 0 Å². The van der Waals surface area contributed by atoms with E-state index in [1.54, 1.807) is 7.11 Å². The molecule has 0 unspecified atom stereocenters. The van der Waals surface area contributed by atoms with E-state index in [0.717, 1.165) is 16.9 Å². The van der Waals surface area contributed by atoms with E-state index in [1.165, 1.54) is 0 Å². The average molecular weight is 200 g/mol. The van der Waals surface area contributed by atoms with Crippen molar-refractivity contribution in [1.29, 1.82) is 0 Å². The van der Waals surface area contributed by atoms with Crippen molar-refractivity contribution in [3.63, 3.8) is 0 Å². The molecule has 0 N–H and O–H groups in total. The number of ether oxygens (including phenoxy) is 1. The van der Waals surface area contributed by atoms with Gasteiger partial charge in [0.2, 0.25) is 0 Å². The average Bonchev–Trinajstić information content (AvgIpc) is 2.31. The molecule has 0 heterocycles. The van der Waals surface area contributed by atoms with E-state index in [0.29, 0.717) is 0 Å². The van der Waals surface area contributed by atoms with Gasteiger partial charge in [0.15, 0.2) is 0 Å². The minimum Gasteiger partial charge on any atom is -0.497 e. The van der Waals surface area contributed by atoms with Crippen LogP contribution >= 0.6 is 0 Å². The van der Waals surface area contributed by atoms with Gasteiger partial charge in [0.1, 0.15) is 5.76 Å². The second-order valence-corrected chi connectivity index (χ2v) is 3.12. The summed E-state index contributed by atoms with van der Waals surface area (Å²) in [6.07, 6.45) is 5.78. The smallest absolute Gasteiger partial charge is 0.114 e. The molecular weight excluding hydrogens is 184 g/mol. The Kier molecular flexibility index (Phi) is 4.42. The molecule has 0 aliphatic heterocycles. The maximum Gasteiger partial charge on any atom is 0.114 e. The first-order valence-corrected chi connectivity index (χ1v) is 4.90. The highest BCUT2D eigenvalue weighted by molar-refractivity contribution is 5.72. The normalized spacial score (nSPS) is 11.7. The molecule has 0 saturated carbocycles. The third-order valence-corrected chi connectivity index (χ3v) is 2.11. The van der Waals surface area contributed by atoms with Crippen LogP contribution in [0.15, 0.2) is 60.9 Å². The number of allylic oxidation sites excluding steroid dienone is 4. The standard InChI is InChI=1S/C14H16O/c1-4-14(15-3)11-10-12(2)13-8-6-5-7-9-13/h4-11H,2H2,1,3H3/b11-10-,14-4+. The van der Waals surface area contributed by atoms with Crippen molar-refractivity contribution in [3.8, 4) is 0 Å². The molecular formula is C14H16O. The summed E-state index contributed by atoms with van der Waals surface area (Å²) in [6, 6.07) is 10.1. The predicted molar refractivity (Wildman–Crippen MR) is 65.4 cm³/mol. The quantitative estimate of drug-likeness (QED) is 0.530. The van der Waals surface area contributed by atoms with Gasteiger partial charge < -0.3 is 4.74 Å². The summed E-state index contributed by atoms with van der Waals surface area (Å²) in [5.41, 5.74) is 2.10. The molecule has 0 bridgehead atoms. The summed E-state index contributed by atoms with van der Waals surface area (Å²) in [6.45, 7) is 5.93. The minimum atomic E-state index is 0.840. The molecule has 1 nitrogen and oxygen atoms in total. The predicted octanol–water partition coefficient (Wildman–Crippen LogP) is 3.81. The van der Waals surface area contributed by atoms with Crippen molar-refractivity contribution in [2.45, 2.75) is 6.92 Å². The fourth-order valence-electron chi connectivity index (χ4n) is 1.21. The van der Waals surface area contributed by atoms with Gasteiger partial charge in [-0.05, 0) is 30.2 Å². The summed E-state index contributed by atoms with van der Waals surface area (Å²) in [5.74, 6) is 0.840. The van der Waals surface area contributed by atoms with Crippen LogP contribution in [0.3, 0.4) is 0 Å². The van der Waals surface area contributed by atoms with Crippen LogP contribution in [0.2, 0.25) is 0 Å². The van der Waals surface area contributed by atoms with Gasteiger partial charge in [0.05, 0.1) is 7.11 Å². The van der Waals surface area contributed by atoms with E-state index in [1.807, 2.05) is 55.5 Å². The van der Waals surface area contributed by atoms with Crippen LogP contribution in [0.1, 0.15) is 12.5 Å². The van der Waals surface area contributed by atoms with E-state index in [4.69, 9.17) is 4.74 Å². The molecule has 78 valence electrons. The Morgan fingerprint density at radius 3 is 2.40 bits per heavy atom. The van der Waals surface area contributed by atoms with Gasteiger partial charge in [-0.1, -0.05) is 43.0 Å². The lowest BCUT2D eigenvalue weighted by molar-refractivity contribution is 0.306. The first kappa shape index (κ1) is 11.3. The molecule has 1 heteroatoms. The third kappa shape index (κ3) is 3.47. The largest absolute Gasteiger partial charge is 0.497 e. The van der Waals surface area contributed by atoms with Crippen LogP contribution in [0.5, 0.6) is 0 Å². The van der Waals surface area contributed by atoms with Crippen molar-refractivity contribution in [2.24, 2.45) is 0 Å². The Bertz CT molecular complexity index is 372. The molecule has 1 aromatic rings. The zero-order chi connectivity index (χ0) is 11.1. The zero-order valence-electron chi connectivity index (χ0n) is 9.23. The molecule has 0 radical (unpaired) electrons. The number of benzene rings is 1. The van der Waals surface area contributed by atoms with Gasteiger partial charge in [-0.3, -0.25) is 0 Å². The summed E-state index contributed by atoms with van der Waals surface area (Å²) in [5, 5.41) is 0. The van der Waals surface area contributed by atoms with Crippen LogP contribution in [0.25, 0.3) is 5.57 Å². The molecule has 0 atom stereocenters. The fraction of sp³-hybridized carbons (Fsp3) is 0.143. The number of hydrogen-bond donors (Lipinski definition) is 0. The minimum absolute atomic E-state index is 0.840. The second kappa shape index (κ2) is 5.86. The zero-order valence-corrected chi connectivity index (χ0v) is 9.23. The maximum absolute atomic E-state index is 5.12. The molecule has 1 rings (SSSR count). The molecule has 0 saturated heterocycles. The van der Waals surface area contributed by atoms with E-state index in [-0.39, 0.29) is 0 Å². The van der Waals surface area contributed by atoms with Gasteiger partial charge in [-0.2, -0.15) is 0 Å². The fourth-order valence-corrected chi connectivity index (χ4v) is 1.21. The van der Waals surface area contributed by atoms with Crippen molar-refractivity contribution >= 4 is 5.57 Å². The summed E-state index contributed by atoms with van der Waals surface area (Å²) in [4.78, 5) is 0. The monoisotopic (exact) mass is 200 g/mol. The lowest BCUT2D eigenvalue weighted by atomic mass is 10.1. The lowest BCUT2D eigenvalue weighted by Crippen LogP contribution is -1.81. The van der Waals surface area contributed by atoms with Gasteiger partial charge in [0.25, 0.3) is 0 Å². The third-order valence-electron chi connectivity index (χ3n) is 2.11. The Balaban J connectivity index is 2.72. The summed E-state index contributed by atoms with van der Waals surface area (Å²) >= 11 is 0. The lowest BCUT2D eigenvalue weighted by Gasteiger charge is -2.01. The van der Waals surface area contributed by atoms with Crippen LogP contribution in [0, 0.1) is 0 Å². The molecule has 0 spiro atoms. The Labute approximate surface area is 91.4 Å². The van der Waals surface area contributed by atoms with Crippen LogP contribution < -0.4 is 0 Å². The summed E-state index contributed by atoms with van der Waals surface area (Å²) < 4.78 is 5.12. The van der Waals surface area contributed by atoms with E-state index in [9.17, 15) is 0 Å². The van der Waals surface area contributed by atoms with Crippen LogP contribution in [-0.2, 0) is 4.74 Å². The van der Waals surface area contributed by atoms with Crippen molar-refractivity contribution < 1.29 is 4.74 Å². The van der Waals surface area contributed by atoms with E-state index in [2.05, 4.69) is 6.58 Å². The molecule has 0 amide bonds. The van der Waals surface area contributed by atoms with Crippen molar-refractivity contribution in [1.82, 2.24) is 0 Å². The maximum atomic E-state index is 5.12. The number of hydrogen-bond acceptors (Lipinski definition) is 1. The van der Waals surface area contributed by atoms with Crippen LogP contribution in [0.4, 0.5) is 0 Å². The summed E-state index contributed by atoms with van der Waals surface area (Å²) in [7, 11) is 1.66. The SMILES string of the molecule is C=C(/C=C\C(=C/C)OC)c1ccccc1. The first-order valence-electron chi connectivity index (χ1n) is 4.90. The number of rotatable bonds is 4. The van der Waals surface area contributed by atoms with E-state index >= 15 is 0 Å². The van der Waals surface area contributed by atoms with Crippen LogP contribution in [-0.4, -0.2) is 7.11 Å². The van der Waals surface area contributed by atoms with Crippen molar-refractivity contribution in [3.05, 3.63) is 66.5 Å². The Morgan fingerprint density at radius 2 is 1.87 bits per heavy atom. The van der Waals surface area contributed by atoms with Crippen molar-refractivity contribution in [2.75, 3.05) is 7.11 Å². The Morgan fingerprint density at radius 1 is 1.20 bits per heavy atom. The van der Waals surface area contributed by atoms with Gasteiger partial charge in [-0.25, -0.2) is 0 Å².